The van der Waals surface area contributed by atoms with Gasteiger partial charge in [0.15, 0.2) is 0 Å². The molecule has 0 unspecified atom stereocenters. The first-order valence-electron chi connectivity index (χ1n) is 11.1. The van der Waals surface area contributed by atoms with E-state index in [0.29, 0.717) is 0 Å². The molecule has 0 saturated heterocycles. The third kappa shape index (κ3) is 7.69. The summed E-state index contributed by atoms with van der Waals surface area (Å²) in [7, 11) is 4.30. The van der Waals surface area contributed by atoms with Crippen LogP contribution in [0.1, 0.15) is 84.0 Å². The Morgan fingerprint density at radius 1 is 0.880 bits per heavy atom. The summed E-state index contributed by atoms with van der Waals surface area (Å²) in [6.45, 7) is 7.71. The number of nitrogens with zero attached hydrogens (tertiary/aromatic N) is 1. The highest BCUT2D eigenvalue weighted by Gasteiger charge is 2.23. The van der Waals surface area contributed by atoms with Crippen molar-refractivity contribution in [1.82, 2.24) is 4.90 Å². The Bertz CT molecular complexity index is 392. The Hall–Kier alpha value is -0.560. The van der Waals surface area contributed by atoms with E-state index in [-0.39, 0.29) is 0 Å². The highest BCUT2D eigenvalue weighted by molar-refractivity contribution is 5.06. The molecule has 0 aromatic rings. The quantitative estimate of drug-likeness (QED) is 0.326. The first-order valence-corrected chi connectivity index (χ1v) is 11.1. The zero-order chi connectivity index (χ0) is 18.1. The fraction of sp³-hybridized carbons (Fsp3) is 0.833. The van der Waals surface area contributed by atoms with Crippen molar-refractivity contribution < 1.29 is 0 Å². The van der Waals surface area contributed by atoms with Crippen LogP contribution in [0.5, 0.6) is 0 Å². The van der Waals surface area contributed by atoms with Crippen molar-refractivity contribution in [2.75, 3.05) is 20.6 Å². The molecule has 2 saturated carbocycles. The summed E-state index contributed by atoms with van der Waals surface area (Å²) < 4.78 is 0. The monoisotopic (exact) mass is 345 g/mol. The first kappa shape index (κ1) is 20.7. The van der Waals surface area contributed by atoms with Crippen molar-refractivity contribution in [3.63, 3.8) is 0 Å². The van der Waals surface area contributed by atoms with Crippen LogP contribution in [0.4, 0.5) is 0 Å². The van der Waals surface area contributed by atoms with Crippen molar-refractivity contribution in [1.29, 1.82) is 0 Å². The number of allylic oxidation sites excluding steroid dienone is 2. The molecule has 2 aliphatic rings. The standard InChI is InChI=1S/C24H43N/c1-5-6-7-8-21-9-11-22(12-10-21)13-14-23-15-17-24(18-16-23)20(2)19-25(3)4/h13-14,21-24H,2,5-12,15-19H2,1,3-4H3/b14-13+. The van der Waals surface area contributed by atoms with Gasteiger partial charge in [-0.15, -0.1) is 0 Å². The summed E-state index contributed by atoms with van der Waals surface area (Å²) in [6, 6.07) is 0. The maximum absolute atomic E-state index is 4.34. The Kier molecular flexibility index (Phi) is 9.31. The summed E-state index contributed by atoms with van der Waals surface area (Å²) in [5.41, 5.74) is 1.45. The third-order valence-electron chi connectivity index (χ3n) is 6.63. The normalized spacial score (nSPS) is 30.9. The van der Waals surface area contributed by atoms with Gasteiger partial charge in [0.2, 0.25) is 0 Å². The summed E-state index contributed by atoms with van der Waals surface area (Å²) in [5.74, 6) is 3.52. The van der Waals surface area contributed by atoms with E-state index < -0.39 is 0 Å². The average molecular weight is 346 g/mol. The second-order valence-corrected chi connectivity index (χ2v) is 9.17. The van der Waals surface area contributed by atoms with E-state index in [2.05, 4.69) is 44.6 Å². The number of likely N-dealkylation sites (N-methyl/N-ethyl adjacent to an activating group) is 1. The molecule has 2 fully saturated rings. The van der Waals surface area contributed by atoms with Crippen LogP contribution in [0.15, 0.2) is 24.3 Å². The molecule has 1 nitrogen and oxygen atoms in total. The molecule has 144 valence electrons. The number of hydrogen-bond acceptors (Lipinski definition) is 1. The third-order valence-corrected chi connectivity index (χ3v) is 6.63. The fourth-order valence-electron chi connectivity index (χ4n) is 4.92. The van der Waals surface area contributed by atoms with E-state index in [4.69, 9.17) is 0 Å². The molecular formula is C24H43N. The predicted octanol–water partition coefficient (Wildman–Crippen LogP) is 6.85. The number of rotatable bonds is 9. The van der Waals surface area contributed by atoms with E-state index >= 15 is 0 Å². The lowest BCUT2D eigenvalue weighted by molar-refractivity contribution is 0.286. The predicted molar refractivity (Wildman–Crippen MR) is 112 cm³/mol. The molecule has 25 heavy (non-hydrogen) atoms. The van der Waals surface area contributed by atoms with Crippen LogP contribution < -0.4 is 0 Å². The lowest BCUT2D eigenvalue weighted by Crippen LogP contribution is -2.22. The van der Waals surface area contributed by atoms with Gasteiger partial charge in [0.1, 0.15) is 0 Å². The Morgan fingerprint density at radius 3 is 1.96 bits per heavy atom. The molecule has 1 heteroatoms. The molecule has 0 aromatic carbocycles. The molecule has 0 amide bonds. The van der Waals surface area contributed by atoms with Crippen molar-refractivity contribution in [2.24, 2.45) is 23.7 Å². The summed E-state index contributed by atoms with van der Waals surface area (Å²) in [4.78, 5) is 2.26. The molecule has 2 aliphatic carbocycles. The minimum absolute atomic E-state index is 0.769. The van der Waals surface area contributed by atoms with E-state index in [1.54, 1.807) is 0 Å². The number of unbranched alkanes of at least 4 members (excludes halogenated alkanes) is 2. The van der Waals surface area contributed by atoms with Crippen LogP contribution in [0.2, 0.25) is 0 Å². The van der Waals surface area contributed by atoms with Crippen molar-refractivity contribution in [3.05, 3.63) is 24.3 Å². The van der Waals surface area contributed by atoms with E-state index in [9.17, 15) is 0 Å². The van der Waals surface area contributed by atoms with Crippen LogP contribution in [-0.4, -0.2) is 25.5 Å². The zero-order valence-corrected chi connectivity index (χ0v) is 17.3. The van der Waals surface area contributed by atoms with E-state index in [1.165, 1.54) is 82.6 Å². The van der Waals surface area contributed by atoms with Gasteiger partial charge in [0.25, 0.3) is 0 Å². The maximum atomic E-state index is 4.34. The molecule has 0 spiro atoms. The summed E-state index contributed by atoms with van der Waals surface area (Å²) in [5, 5.41) is 0. The van der Waals surface area contributed by atoms with Gasteiger partial charge < -0.3 is 4.90 Å². The minimum atomic E-state index is 0.769. The molecule has 0 radical (unpaired) electrons. The summed E-state index contributed by atoms with van der Waals surface area (Å²) >= 11 is 0. The Morgan fingerprint density at radius 2 is 1.44 bits per heavy atom. The van der Waals surface area contributed by atoms with Gasteiger partial charge in [-0.2, -0.15) is 0 Å². The minimum Gasteiger partial charge on any atom is -0.305 e. The van der Waals surface area contributed by atoms with E-state index in [0.717, 1.165) is 30.2 Å². The van der Waals surface area contributed by atoms with Crippen LogP contribution in [0.25, 0.3) is 0 Å². The van der Waals surface area contributed by atoms with Crippen molar-refractivity contribution in [3.8, 4) is 0 Å². The average Bonchev–Trinajstić information content (AvgIpc) is 2.61. The molecule has 0 atom stereocenters. The molecule has 0 N–H and O–H groups in total. The van der Waals surface area contributed by atoms with Crippen LogP contribution in [0, 0.1) is 23.7 Å². The summed E-state index contributed by atoms with van der Waals surface area (Å²) in [6.07, 6.45) is 22.3. The first-order chi connectivity index (χ1) is 12.1. The van der Waals surface area contributed by atoms with Gasteiger partial charge in [0.05, 0.1) is 0 Å². The Labute approximate surface area is 158 Å². The largest absolute Gasteiger partial charge is 0.305 e. The molecule has 0 bridgehead atoms. The molecular weight excluding hydrogens is 302 g/mol. The maximum Gasteiger partial charge on any atom is 0.0186 e. The van der Waals surface area contributed by atoms with Crippen LogP contribution in [-0.2, 0) is 0 Å². The van der Waals surface area contributed by atoms with Gasteiger partial charge in [-0.05, 0) is 89.1 Å². The second-order valence-electron chi connectivity index (χ2n) is 9.17. The topological polar surface area (TPSA) is 3.24 Å². The van der Waals surface area contributed by atoms with Gasteiger partial charge in [-0.1, -0.05) is 56.9 Å². The molecule has 2 rings (SSSR count). The highest BCUT2D eigenvalue weighted by atomic mass is 15.0. The number of hydrogen-bond donors (Lipinski definition) is 0. The fourth-order valence-corrected chi connectivity index (χ4v) is 4.92. The van der Waals surface area contributed by atoms with Gasteiger partial charge in [-0.25, -0.2) is 0 Å². The second kappa shape index (κ2) is 11.2. The lowest BCUT2D eigenvalue weighted by Gasteiger charge is -2.30. The zero-order valence-electron chi connectivity index (χ0n) is 17.3. The molecule has 0 heterocycles. The Balaban J connectivity index is 1.63. The van der Waals surface area contributed by atoms with Crippen molar-refractivity contribution in [2.45, 2.75) is 84.0 Å². The molecule has 0 aliphatic heterocycles. The van der Waals surface area contributed by atoms with Crippen molar-refractivity contribution >= 4 is 0 Å². The van der Waals surface area contributed by atoms with Gasteiger partial charge in [-0.3, -0.25) is 0 Å². The van der Waals surface area contributed by atoms with Gasteiger partial charge >= 0.3 is 0 Å². The van der Waals surface area contributed by atoms with Crippen LogP contribution in [0.3, 0.4) is 0 Å². The highest BCUT2D eigenvalue weighted by Crippen LogP contribution is 2.36. The van der Waals surface area contributed by atoms with Crippen LogP contribution >= 0.6 is 0 Å². The SMILES string of the molecule is C=C(CN(C)C)C1CCC(/C=C/C2CCC(CCCCC)CC2)CC1. The van der Waals surface area contributed by atoms with E-state index in [1.807, 2.05) is 0 Å². The smallest absolute Gasteiger partial charge is 0.0186 e. The molecule has 0 aromatic heterocycles. The lowest BCUT2D eigenvalue weighted by atomic mass is 9.76. The van der Waals surface area contributed by atoms with Gasteiger partial charge in [0, 0.05) is 6.54 Å².